The topological polar surface area (TPSA) is 41.9 Å². The van der Waals surface area contributed by atoms with E-state index in [1.807, 2.05) is 20.8 Å². The smallest absolute Gasteiger partial charge is 0.223 e. The van der Waals surface area contributed by atoms with Gasteiger partial charge in [0, 0.05) is 31.0 Å². The summed E-state index contributed by atoms with van der Waals surface area (Å²) in [5.41, 5.74) is 1.40. The van der Waals surface area contributed by atoms with E-state index in [1.165, 1.54) is 29.2 Å². The Hall–Kier alpha value is -2.83. The molecule has 2 aromatic rings. The number of rotatable bonds is 6. The van der Waals surface area contributed by atoms with Gasteiger partial charge in [-0.2, -0.15) is 0 Å². The normalized spacial score (nSPS) is 16.2. The lowest BCUT2D eigenvalue weighted by Crippen LogP contribution is -2.39. The minimum atomic E-state index is -0.695. The molecule has 1 atom stereocenters. The van der Waals surface area contributed by atoms with E-state index < -0.39 is 17.7 Å². The van der Waals surface area contributed by atoms with E-state index in [-0.39, 0.29) is 42.2 Å². The summed E-state index contributed by atoms with van der Waals surface area (Å²) in [6.45, 7) is 6.06. The predicted molar refractivity (Wildman–Crippen MR) is 108 cm³/mol. The van der Waals surface area contributed by atoms with Crippen molar-refractivity contribution in [3.05, 3.63) is 71.0 Å². The quantitative estimate of drug-likeness (QED) is 0.658. The lowest BCUT2D eigenvalue weighted by molar-refractivity contribution is -0.135. The number of halogens is 3. The Morgan fingerprint density at radius 3 is 2.40 bits per heavy atom. The van der Waals surface area contributed by atoms with Gasteiger partial charge >= 0.3 is 0 Å². The second-order valence-corrected chi connectivity index (χ2v) is 8.72. The average molecular weight is 418 g/mol. The standard InChI is InChI=1S/C23H25F3N2O2/c1-23(2,3)12-22(29)28(13-16-6-9-18(25)10-20(16)26)14-19-11-21(27-30-19)15-4-7-17(24)8-5-15/h4-10,19H,11-14H2,1-3H3/t19-/m0/s1. The molecule has 0 aliphatic carbocycles. The third kappa shape index (κ3) is 5.84. The molecule has 1 heterocycles. The van der Waals surface area contributed by atoms with Crippen LogP contribution in [0.25, 0.3) is 0 Å². The van der Waals surface area contributed by atoms with Crippen LogP contribution in [0.4, 0.5) is 13.2 Å². The van der Waals surface area contributed by atoms with Crippen molar-refractivity contribution >= 4 is 11.6 Å². The van der Waals surface area contributed by atoms with Crippen molar-refractivity contribution in [2.75, 3.05) is 6.54 Å². The van der Waals surface area contributed by atoms with Crippen LogP contribution in [0.3, 0.4) is 0 Å². The highest BCUT2D eigenvalue weighted by molar-refractivity contribution is 6.01. The molecule has 7 heteroatoms. The molecular weight excluding hydrogens is 393 g/mol. The molecule has 0 saturated carbocycles. The van der Waals surface area contributed by atoms with Crippen LogP contribution in [-0.4, -0.2) is 29.2 Å². The minimum absolute atomic E-state index is 0.00671. The van der Waals surface area contributed by atoms with Crippen LogP contribution in [0.2, 0.25) is 0 Å². The summed E-state index contributed by atoms with van der Waals surface area (Å²) >= 11 is 0. The maximum absolute atomic E-state index is 14.2. The molecular formula is C23H25F3N2O2. The number of benzene rings is 2. The largest absolute Gasteiger partial charge is 0.390 e. The summed E-state index contributed by atoms with van der Waals surface area (Å²) in [5.74, 6) is -1.85. The molecule has 0 radical (unpaired) electrons. The van der Waals surface area contributed by atoms with Gasteiger partial charge in [0.2, 0.25) is 5.91 Å². The maximum Gasteiger partial charge on any atom is 0.223 e. The molecule has 0 fully saturated rings. The SMILES string of the molecule is CC(C)(C)CC(=O)N(Cc1ccc(F)cc1F)C[C@@H]1CC(c2ccc(F)cc2)=NO1. The van der Waals surface area contributed by atoms with E-state index in [9.17, 15) is 18.0 Å². The number of oxime groups is 1. The number of carbonyl (C=O) groups is 1. The van der Waals surface area contributed by atoms with Crippen LogP contribution in [0, 0.1) is 22.9 Å². The molecule has 1 amide bonds. The fourth-order valence-electron chi connectivity index (χ4n) is 3.26. The van der Waals surface area contributed by atoms with Crippen molar-refractivity contribution in [2.45, 2.75) is 46.3 Å². The lowest BCUT2D eigenvalue weighted by Gasteiger charge is -2.28. The summed E-state index contributed by atoms with van der Waals surface area (Å²) in [7, 11) is 0. The minimum Gasteiger partial charge on any atom is -0.390 e. The predicted octanol–water partition coefficient (Wildman–Crippen LogP) is 5.06. The van der Waals surface area contributed by atoms with E-state index in [0.29, 0.717) is 12.1 Å². The molecule has 0 aromatic heterocycles. The summed E-state index contributed by atoms with van der Waals surface area (Å²) in [5, 5.41) is 4.07. The van der Waals surface area contributed by atoms with Crippen molar-refractivity contribution in [3.63, 3.8) is 0 Å². The van der Waals surface area contributed by atoms with Gasteiger partial charge < -0.3 is 9.74 Å². The third-order valence-corrected chi connectivity index (χ3v) is 4.75. The third-order valence-electron chi connectivity index (χ3n) is 4.75. The summed E-state index contributed by atoms with van der Waals surface area (Å²) in [6.07, 6.45) is 0.308. The van der Waals surface area contributed by atoms with E-state index in [4.69, 9.17) is 4.84 Å². The summed E-state index contributed by atoms with van der Waals surface area (Å²) in [4.78, 5) is 19.9. The number of nitrogens with zero attached hydrogens (tertiary/aromatic N) is 2. The Morgan fingerprint density at radius 2 is 1.77 bits per heavy atom. The van der Waals surface area contributed by atoms with Gasteiger partial charge in [-0.25, -0.2) is 13.2 Å². The number of hydrogen-bond donors (Lipinski definition) is 0. The van der Waals surface area contributed by atoms with Gasteiger partial charge in [-0.15, -0.1) is 0 Å². The molecule has 1 aliphatic heterocycles. The highest BCUT2D eigenvalue weighted by Crippen LogP contribution is 2.24. The van der Waals surface area contributed by atoms with E-state index in [1.54, 1.807) is 12.1 Å². The van der Waals surface area contributed by atoms with Crippen molar-refractivity contribution in [2.24, 2.45) is 10.6 Å². The number of amides is 1. The zero-order chi connectivity index (χ0) is 21.9. The summed E-state index contributed by atoms with van der Waals surface area (Å²) < 4.78 is 40.6. The van der Waals surface area contributed by atoms with Crippen molar-refractivity contribution in [1.29, 1.82) is 0 Å². The molecule has 30 heavy (non-hydrogen) atoms. The van der Waals surface area contributed by atoms with Gasteiger partial charge in [0.05, 0.1) is 12.3 Å². The second-order valence-electron chi connectivity index (χ2n) is 8.72. The zero-order valence-corrected chi connectivity index (χ0v) is 17.3. The van der Waals surface area contributed by atoms with Crippen molar-refractivity contribution in [1.82, 2.24) is 4.90 Å². The molecule has 0 saturated heterocycles. The molecule has 0 bridgehead atoms. The van der Waals surface area contributed by atoms with Crippen LogP contribution in [0.5, 0.6) is 0 Å². The first-order chi connectivity index (χ1) is 14.1. The van der Waals surface area contributed by atoms with Crippen LogP contribution in [-0.2, 0) is 16.2 Å². The number of carbonyl (C=O) groups excluding carboxylic acids is 1. The molecule has 0 unspecified atom stereocenters. The van der Waals surface area contributed by atoms with Crippen molar-refractivity contribution < 1.29 is 22.8 Å². The lowest BCUT2D eigenvalue weighted by atomic mass is 9.91. The molecule has 160 valence electrons. The number of hydrogen-bond acceptors (Lipinski definition) is 3. The van der Waals surface area contributed by atoms with Crippen LogP contribution >= 0.6 is 0 Å². The zero-order valence-electron chi connectivity index (χ0n) is 17.3. The molecule has 1 aliphatic rings. The van der Waals surface area contributed by atoms with Crippen LogP contribution in [0.1, 0.15) is 44.7 Å². The maximum atomic E-state index is 14.2. The Labute approximate surface area is 174 Å². The fourth-order valence-corrected chi connectivity index (χ4v) is 3.26. The van der Waals surface area contributed by atoms with E-state index in [0.717, 1.165) is 11.6 Å². The monoisotopic (exact) mass is 418 g/mol. The highest BCUT2D eigenvalue weighted by Gasteiger charge is 2.29. The van der Waals surface area contributed by atoms with Crippen LogP contribution in [0.15, 0.2) is 47.6 Å². The molecule has 4 nitrogen and oxygen atoms in total. The van der Waals surface area contributed by atoms with Gasteiger partial charge in [0.15, 0.2) is 6.10 Å². The molecule has 2 aromatic carbocycles. The van der Waals surface area contributed by atoms with Crippen LogP contribution < -0.4 is 0 Å². The Bertz CT molecular complexity index is 936. The van der Waals surface area contributed by atoms with E-state index >= 15 is 0 Å². The average Bonchev–Trinajstić information content (AvgIpc) is 3.11. The Morgan fingerprint density at radius 1 is 1.10 bits per heavy atom. The first-order valence-corrected chi connectivity index (χ1v) is 9.81. The van der Waals surface area contributed by atoms with Gasteiger partial charge in [-0.05, 0) is 29.2 Å². The van der Waals surface area contributed by atoms with Gasteiger partial charge in [0.25, 0.3) is 0 Å². The van der Waals surface area contributed by atoms with E-state index in [2.05, 4.69) is 5.16 Å². The highest BCUT2D eigenvalue weighted by atomic mass is 19.1. The molecule has 3 rings (SSSR count). The Kier molecular flexibility index (Phi) is 6.48. The van der Waals surface area contributed by atoms with Gasteiger partial charge in [-0.3, -0.25) is 4.79 Å². The molecule has 0 spiro atoms. The molecule has 0 N–H and O–H groups in total. The first-order valence-electron chi connectivity index (χ1n) is 9.81. The van der Waals surface area contributed by atoms with Gasteiger partial charge in [0.1, 0.15) is 17.5 Å². The summed E-state index contributed by atoms with van der Waals surface area (Å²) in [6, 6.07) is 9.27. The Balaban J connectivity index is 1.72. The second kappa shape index (κ2) is 8.90. The first kappa shape index (κ1) is 21.9. The fraction of sp³-hybridized carbons (Fsp3) is 0.391. The van der Waals surface area contributed by atoms with Crippen molar-refractivity contribution in [3.8, 4) is 0 Å². The van der Waals surface area contributed by atoms with Gasteiger partial charge in [-0.1, -0.05) is 44.1 Å².